The Hall–Kier alpha value is -1.66. The van der Waals surface area contributed by atoms with Gasteiger partial charge in [-0.1, -0.05) is 0 Å². The van der Waals surface area contributed by atoms with Crippen LogP contribution in [0.3, 0.4) is 0 Å². The number of nitrogens with zero attached hydrogens (tertiary/aromatic N) is 3. The first-order chi connectivity index (χ1) is 10.7. The van der Waals surface area contributed by atoms with Crippen molar-refractivity contribution >= 4 is 5.91 Å². The highest BCUT2D eigenvalue weighted by Crippen LogP contribution is 2.18. The molecule has 1 aromatic rings. The molecule has 6 nitrogen and oxygen atoms in total. The van der Waals surface area contributed by atoms with E-state index >= 15 is 0 Å². The second kappa shape index (κ2) is 7.07. The predicted octanol–water partition coefficient (Wildman–Crippen LogP) is 0.355. The number of ether oxygens (including phenoxy) is 1. The lowest BCUT2D eigenvalue weighted by Gasteiger charge is -2.32. The molecule has 2 atom stereocenters. The predicted molar refractivity (Wildman–Crippen MR) is 83.8 cm³/mol. The van der Waals surface area contributed by atoms with E-state index in [2.05, 4.69) is 15.2 Å². The molecule has 2 saturated heterocycles. The number of carbonyl (C=O) groups is 1. The van der Waals surface area contributed by atoms with Crippen molar-refractivity contribution < 1.29 is 9.53 Å². The summed E-state index contributed by atoms with van der Waals surface area (Å²) in [6.45, 7) is 7.71. The van der Waals surface area contributed by atoms with Gasteiger partial charge in [-0.05, 0) is 25.5 Å². The maximum absolute atomic E-state index is 12.5. The van der Waals surface area contributed by atoms with E-state index in [-0.39, 0.29) is 5.91 Å². The number of amides is 1. The van der Waals surface area contributed by atoms with Gasteiger partial charge in [0.15, 0.2) is 6.10 Å². The zero-order chi connectivity index (χ0) is 15.4. The van der Waals surface area contributed by atoms with Crippen LogP contribution in [-0.2, 0) is 4.79 Å². The number of pyridine rings is 1. The van der Waals surface area contributed by atoms with E-state index in [1.54, 1.807) is 12.4 Å². The van der Waals surface area contributed by atoms with E-state index < -0.39 is 6.10 Å². The number of likely N-dealkylation sites (tertiary alicyclic amines) is 1. The average molecular weight is 304 g/mol. The zero-order valence-electron chi connectivity index (χ0n) is 13.1. The third-order valence-electron chi connectivity index (χ3n) is 4.44. The molecular weight excluding hydrogens is 280 g/mol. The van der Waals surface area contributed by atoms with Crippen molar-refractivity contribution in [2.24, 2.45) is 0 Å². The minimum Gasteiger partial charge on any atom is -0.479 e. The van der Waals surface area contributed by atoms with Crippen molar-refractivity contribution in [3.63, 3.8) is 0 Å². The standard InChI is InChI=1S/C16H24N4O2/c1-13(22-15-3-2-5-18-11-15)16(21)20-8-4-14(12-20)19-9-6-17-7-10-19/h2-3,5,11,13-14,17H,4,6-10,12H2,1H3. The van der Waals surface area contributed by atoms with Crippen LogP contribution in [-0.4, -0.2) is 72.1 Å². The van der Waals surface area contributed by atoms with Gasteiger partial charge in [0.2, 0.25) is 0 Å². The van der Waals surface area contributed by atoms with Crippen molar-refractivity contribution in [2.45, 2.75) is 25.5 Å². The summed E-state index contributed by atoms with van der Waals surface area (Å²) in [5.74, 6) is 0.711. The van der Waals surface area contributed by atoms with Gasteiger partial charge in [0.1, 0.15) is 5.75 Å². The topological polar surface area (TPSA) is 57.7 Å². The molecule has 3 heterocycles. The van der Waals surface area contributed by atoms with Gasteiger partial charge in [-0.2, -0.15) is 0 Å². The summed E-state index contributed by atoms with van der Waals surface area (Å²) in [7, 11) is 0. The second-order valence-corrected chi connectivity index (χ2v) is 5.96. The molecule has 1 amide bonds. The molecule has 2 aliphatic heterocycles. The first-order valence-electron chi connectivity index (χ1n) is 8.04. The summed E-state index contributed by atoms with van der Waals surface area (Å²) in [4.78, 5) is 21.0. The molecule has 0 saturated carbocycles. The molecule has 0 spiro atoms. The van der Waals surface area contributed by atoms with Crippen LogP contribution < -0.4 is 10.1 Å². The fourth-order valence-electron chi connectivity index (χ4n) is 3.22. The molecule has 1 aromatic heterocycles. The molecule has 6 heteroatoms. The van der Waals surface area contributed by atoms with Gasteiger partial charge in [0.05, 0.1) is 6.20 Å². The van der Waals surface area contributed by atoms with E-state index in [4.69, 9.17) is 4.74 Å². The molecule has 0 bridgehead atoms. The Bertz CT molecular complexity index is 490. The maximum atomic E-state index is 12.5. The number of nitrogens with one attached hydrogen (secondary N) is 1. The lowest BCUT2D eigenvalue weighted by atomic mass is 10.2. The highest BCUT2D eigenvalue weighted by molar-refractivity contribution is 5.81. The maximum Gasteiger partial charge on any atom is 0.263 e. The van der Waals surface area contributed by atoms with E-state index in [1.165, 1.54) is 0 Å². The van der Waals surface area contributed by atoms with E-state index in [9.17, 15) is 4.79 Å². The summed E-state index contributed by atoms with van der Waals surface area (Å²) in [5.41, 5.74) is 0. The minimum absolute atomic E-state index is 0.0708. The van der Waals surface area contributed by atoms with Crippen LogP contribution in [0.15, 0.2) is 24.5 Å². The zero-order valence-corrected chi connectivity index (χ0v) is 13.1. The van der Waals surface area contributed by atoms with Crippen LogP contribution in [0.25, 0.3) is 0 Å². The van der Waals surface area contributed by atoms with Crippen LogP contribution in [0.5, 0.6) is 5.75 Å². The molecule has 0 aliphatic carbocycles. The van der Waals surface area contributed by atoms with Crippen LogP contribution in [0, 0.1) is 0 Å². The summed E-state index contributed by atoms with van der Waals surface area (Å²) in [5, 5.41) is 3.37. The molecule has 120 valence electrons. The van der Waals surface area contributed by atoms with E-state index in [0.29, 0.717) is 11.8 Å². The summed E-state index contributed by atoms with van der Waals surface area (Å²) < 4.78 is 5.69. The fraction of sp³-hybridized carbons (Fsp3) is 0.625. The smallest absolute Gasteiger partial charge is 0.263 e. The molecule has 2 aliphatic rings. The quantitative estimate of drug-likeness (QED) is 0.870. The van der Waals surface area contributed by atoms with Crippen molar-refractivity contribution in [3.05, 3.63) is 24.5 Å². The first kappa shape index (κ1) is 15.2. The van der Waals surface area contributed by atoms with Gasteiger partial charge in [-0.25, -0.2) is 0 Å². The van der Waals surface area contributed by atoms with Crippen molar-refractivity contribution in [3.8, 4) is 5.75 Å². The Morgan fingerprint density at radius 3 is 2.95 bits per heavy atom. The Morgan fingerprint density at radius 2 is 2.23 bits per heavy atom. The normalized spacial score (nSPS) is 24.2. The van der Waals surface area contributed by atoms with Crippen molar-refractivity contribution in [2.75, 3.05) is 39.3 Å². The van der Waals surface area contributed by atoms with Gasteiger partial charge < -0.3 is 15.0 Å². The Balaban J connectivity index is 1.52. The summed E-state index contributed by atoms with van der Waals surface area (Å²) in [6, 6.07) is 4.13. The van der Waals surface area contributed by atoms with Gasteiger partial charge in [0.25, 0.3) is 5.91 Å². The van der Waals surface area contributed by atoms with E-state index in [0.717, 1.165) is 45.7 Å². The molecule has 22 heavy (non-hydrogen) atoms. The fourth-order valence-corrected chi connectivity index (χ4v) is 3.22. The number of hydrogen-bond acceptors (Lipinski definition) is 5. The average Bonchev–Trinajstić information content (AvgIpc) is 3.06. The van der Waals surface area contributed by atoms with Crippen LogP contribution in [0.4, 0.5) is 0 Å². The Morgan fingerprint density at radius 1 is 1.41 bits per heavy atom. The summed E-state index contributed by atoms with van der Waals surface area (Å²) >= 11 is 0. The van der Waals surface area contributed by atoms with Crippen LogP contribution >= 0.6 is 0 Å². The number of aromatic nitrogens is 1. The first-order valence-corrected chi connectivity index (χ1v) is 8.04. The lowest BCUT2D eigenvalue weighted by Crippen LogP contribution is -2.50. The molecule has 2 unspecified atom stereocenters. The molecule has 2 fully saturated rings. The molecular formula is C16H24N4O2. The van der Waals surface area contributed by atoms with Crippen molar-refractivity contribution in [1.29, 1.82) is 0 Å². The minimum atomic E-state index is -0.467. The third-order valence-corrected chi connectivity index (χ3v) is 4.44. The summed E-state index contributed by atoms with van der Waals surface area (Å²) in [6.07, 6.45) is 3.92. The van der Waals surface area contributed by atoms with Gasteiger partial charge in [0, 0.05) is 51.5 Å². The highest BCUT2D eigenvalue weighted by atomic mass is 16.5. The van der Waals surface area contributed by atoms with E-state index in [1.807, 2.05) is 24.0 Å². The molecule has 3 rings (SSSR count). The van der Waals surface area contributed by atoms with Crippen LogP contribution in [0.2, 0.25) is 0 Å². The highest BCUT2D eigenvalue weighted by Gasteiger charge is 2.33. The monoisotopic (exact) mass is 304 g/mol. The number of rotatable bonds is 4. The van der Waals surface area contributed by atoms with Gasteiger partial charge in [-0.15, -0.1) is 0 Å². The largest absolute Gasteiger partial charge is 0.479 e. The second-order valence-electron chi connectivity index (χ2n) is 5.96. The Kier molecular flexibility index (Phi) is 4.90. The number of carbonyl (C=O) groups excluding carboxylic acids is 1. The SMILES string of the molecule is CC(Oc1cccnc1)C(=O)N1CCC(N2CCNCC2)C1. The number of piperazine rings is 1. The van der Waals surface area contributed by atoms with Gasteiger partial charge in [-0.3, -0.25) is 14.7 Å². The molecule has 1 N–H and O–H groups in total. The third kappa shape index (κ3) is 3.56. The Labute approximate surface area is 131 Å². The molecule has 0 aromatic carbocycles. The lowest BCUT2D eigenvalue weighted by molar-refractivity contribution is -0.137. The van der Waals surface area contributed by atoms with Crippen molar-refractivity contribution in [1.82, 2.24) is 20.1 Å². The van der Waals surface area contributed by atoms with Gasteiger partial charge >= 0.3 is 0 Å². The number of hydrogen-bond donors (Lipinski definition) is 1. The molecule has 0 radical (unpaired) electrons. The van der Waals surface area contributed by atoms with Crippen LogP contribution in [0.1, 0.15) is 13.3 Å².